The fourth-order valence-electron chi connectivity index (χ4n) is 0.803. The van der Waals surface area contributed by atoms with Crippen molar-refractivity contribution in [2.45, 2.75) is 32.8 Å². The van der Waals surface area contributed by atoms with E-state index in [0.717, 1.165) is 0 Å². The van der Waals surface area contributed by atoms with E-state index in [4.69, 9.17) is 21.1 Å². The minimum atomic E-state index is -0.580. The third-order valence-corrected chi connectivity index (χ3v) is 1.80. The van der Waals surface area contributed by atoms with Crippen LogP contribution >= 0.6 is 11.6 Å². The molecule has 0 saturated heterocycles. The molecule has 82 valence electrons. The highest BCUT2D eigenvalue weighted by atomic mass is 35.5. The molecule has 0 fully saturated rings. The molecule has 0 radical (unpaired) electrons. The summed E-state index contributed by atoms with van der Waals surface area (Å²) in [4.78, 5) is 21.9. The van der Waals surface area contributed by atoms with E-state index in [1.165, 1.54) is 0 Å². The van der Waals surface area contributed by atoms with Gasteiger partial charge in [0.15, 0.2) is 0 Å². The van der Waals surface area contributed by atoms with Crippen molar-refractivity contribution in [3.63, 3.8) is 0 Å². The number of hydrogen-bond donors (Lipinski definition) is 0. The quantitative estimate of drug-likeness (QED) is 0.505. The second-order valence-electron chi connectivity index (χ2n) is 2.63. The molecule has 0 saturated carbocycles. The van der Waals surface area contributed by atoms with Crippen molar-refractivity contribution in [2.75, 3.05) is 12.5 Å². The number of hydrogen-bond acceptors (Lipinski definition) is 4. The van der Waals surface area contributed by atoms with E-state index in [9.17, 15) is 9.59 Å². The van der Waals surface area contributed by atoms with Crippen molar-refractivity contribution in [3.05, 3.63) is 0 Å². The van der Waals surface area contributed by atoms with Crippen LogP contribution in [0.3, 0.4) is 0 Å². The van der Waals surface area contributed by atoms with Crippen molar-refractivity contribution in [3.8, 4) is 0 Å². The second-order valence-corrected chi connectivity index (χ2v) is 2.94. The molecule has 0 heterocycles. The van der Waals surface area contributed by atoms with Crippen LogP contribution in [-0.2, 0) is 19.1 Å². The van der Waals surface area contributed by atoms with E-state index in [2.05, 4.69) is 0 Å². The minimum Gasteiger partial charge on any atom is -0.466 e. The second kappa shape index (κ2) is 7.62. The molecule has 0 aromatic carbocycles. The van der Waals surface area contributed by atoms with Crippen LogP contribution in [-0.4, -0.2) is 30.5 Å². The van der Waals surface area contributed by atoms with E-state index in [1.807, 2.05) is 0 Å². The molecule has 0 aliphatic heterocycles. The highest BCUT2D eigenvalue weighted by molar-refractivity contribution is 6.18. The van der Waals surface area contributed by atoms with Crippen LogP contribution in [0, 0.1) is 0 Å². The summed E-state index contributed by atoms with van der Waals surface area (Å²) in [5, 5.41) is 0. The first-order valence-corrected chi connectivity index (χ1v) is 5.08. The van der Waals surface area contributed by atoms with Gasteiger partial charge in [-0.05, 0) is 6.92 Å². The SMILES string of the molecule is CCOC(=O)CC(CCl)OC(=O)CC. The summed E-state index contributed by atoms with van der Waals surface area (Å²) in [6.07, 6.45) is -0.289. The van der Waals surface area contributed by atoms with Gasteiger partial charge >= 0.3 is 11.9 Å². The Balaban J connectivity index is 3.89. The van der Waals surface area contributed by atoms with Crippen molar-refractivity contribution in [1.29, 1.82) is 0 Å². The van der Waals surface area contributed by atoms with Crippen LogP contribution in [0.2, 0.25) is 0 Å². The molecule has 0 aromatic rings. The number of halogens is 1. The standard InChI is InChI=1S/C9H15ClO4/c1-3-8(11)14-7(6-10)5-9(12)13-4-2/h7H,3-6H2,1-2H3. The average Bonchev–Trinajstić information content (AvgIpc) is 2.16. The van der Waals surface area contributed by atoms with Crippen LogP contribution in [0.4, 0.5) is 0 Å². The Labute approximate surface area is 88.5 Å². The first-order chi connectivity index (χ1) is 6.63. The molecule has 1 unspecified atom stereocenters. The largest absolute Gasteiger partial charge is 0.466 e. The number of carbonyl (C=O) groups excluding carboxylic acids is 2. The maximum absolute atomic E-state index is 11.0. The van der Waals surface area contributed by atoms with E-state index in [0.29, 0.717) is 6.61 Å². The van der Waals surface area contributed by atoms with Gasteiger partial charge in [-0.2, -0.15) is 0 Å². The van der Waals surface area contributed by atoms with E-state index in [1.54, 1.807) is 13.8 Å². The highest BCUT2D eigenvalue weighted by Crippen LogP contribution is 2.04. The normalized spacial score (nSPS) is 11.9. The van der Waals surface area contributed by atoms with Gasteiger partial charge in [-0.3, -0.25) is 9.59 Å². The lowest BCUT2D eigenvalue weighted by atomic mass is 10.3. The Morgan fingerprint density at radius 1 is 1.29 bits per heavy atom. The molecule has 5 heteroatoms. The summed E-state index contributed by atoms with van der Waals surface area (Å²) in [6.45, 7) is 3.71. The molecule has 4 nitrogen and oxygen atoms in total. The summed E-state index contributed by atoms with van der Waals surface area (Å²) < 4.78 is 9.59. The molecule has 14 heavy (non-hydrogen) atoms. The van der Waals surface area contributed by atoms with Crippen molar-refractivity contribution in [1.82, 2.24) is 0 Å². The predicted molar refractivity (Wildman–Crippen MR) is 52.1 cm³/mol. The van der Waals surface area contributed by atoms with Crippen LogP contribution in [0.1, 0.15) is 26.7 Å². The summed E-state index contributed by atoms with van der Waals surface area (Å²) in [5.41, 5.74) is 0. The third-order valence-electron chi connectivity index (χ3n) is 1.46. The van der Waals surface area contributed by atoms with Crippen LogP contribution in [0.15, 0.2) is 0 Å². The summed E-state index contributed by atoms with van der Waals surface area (Å²) in [7, 11) is 0. The number of carbonyl (C=O) groups is 2. The number of rotatable bonds is 6. The smallest absolute Gasteiger partial charge is 0.309 e. The lowest BCUT2D eigenvalue weighted by molar-refractivity contribution is -0.153. The molecule has 0 aliphatic rings. The molecule has 0 amide bonds. The minimum absolute atomic E-state index is 0.0169. The zero-order valence-electron chi connectivity index (χ0n) is 8.42. The molecule has 1 atom stereocenters. The van der Waals surface area contributed by atoms with Gasteiger partial charge in [-0.25, -0.2) is 0 Å². The molecular formula is C9H15ClO4. The molecule has 0 aromatic heterocycles. The maximum Gasteiger partial charge on any atom is 0.309 e. The topological polar surface area (TPSA) is 52.6 Å². The fraction of sp³-hybridized carbons (Fsp3) is 0.778. The average molecular weight is 223 g/mol. The van der Waals surface area contributed by atoms with Gasteiger partial charge in [0.1, 0.15) is 6.10 Å². The Hall–Kier alpha value is -0.770. The highest BCUT2D eigenvalue weighted by Gasteiger charge is 2.17. The zero-order valence-corrected chi connectivity index (χ0v) is 9.17. The monoisotopic (exact) mass is 222 g/mol. The maximum atomic E-state index is 11.0. The van der Waals surface area contributed by atoms with Gasteiger partial charge in [0.2, 0.25) is 0 Å². The lowest BCUT2D eigenvalue weighted by Gasteiger charge is -2.13. The van der Waals surface area contributed by atoms with E-state index in [-0.39, 0.29) is 24.7 Å². The van der Waals surface area contributed by atoms with Crippen LogP contribution in [0.5, 0.6) is 0 Å². The lowest BCUT2D eigenvalue weighted by Crippen LogP contribution is -2.23. The Morgan fingerprint density at radius 2 is 1.93 bits per heavy atom. The molecule has 0 N–H and O–H groups in total. The van der Waals surface area contributed by atoms with Crippen molar-refractivity contribution >= 4 is 23.5 Å². The van der Waals surface area contributed by atoms with Gasteiger partial charge in [-0.15, -0.1) is 11.6 Å². The first kappa shape index (κ1) is 13.2. The third kappa shape index (κ3) is 5.80. The molecule has 0 bridgehead atoms. The molecule has 0 aliphatic carbocycles. The van der Waals surface area contributed by atoms with Gasteiger partial charge in [0.25, 0.3) is 0 Å². The molecule has 0 rings (SSSR count). The first-order valence-electron chi connectivity index (χ1n) is 4.55. The number of alkyl halides is 1. The van der Waals surface area contributed by atoms with Gasteiger partial charge in [0.05, 0.1) is 18.9 Å². The number of esters is 2. The van der Waals surface area contributed by atoms with Gasteiger partial charge < -0.3 is 9.47 Å². The van der Waals surface area contributed by atoms with E-state index < -0.39 is 12.1 Å². The van der Waals surface area contributed by atoms with Gasteiger partial charge in [0, 0.05) is 6.42 Å². The Morgan fingerprint density at radius 3 is 2.36 bits per heavy atom. The summed E-state index contributed by atoms with van der Waals surface area (Å²) in [6, 6.07) is 0. The summed E-state index contributed by atoms with van der Waals surface area (Å²) >= 11 is 5.53. The zero-order chi connectivity index (χ0) is 11.0. The predicted octanol–water partition coefficient (Wildman–Crippen LogP) is 1.50. The van der Waals surface area contributed by atoms with Crippen molar-refractivity contribution in [2.24, 2.45) is 0 Å². The fourth-order valence-corrected chi connectivity index (χ4v) is 0.975. The van der Waals surface area contributed by atoms with Gasteiger partial charge in [-0.1, -0.05) is 6.92 Å². The van der Waals surface area contributed by atoms with Crippen LogP contribution in [0.25, 0.3) is 0 Å². The summed E-state index contributed by atoms with van der Waals surface area (Å²) in [5.74, 6) is -0.660. The van der Waals surface area contributed by atoms with E-state index >= 15 is 0 Å². The van der Waals surface area contributed by atoms with Crippen LogP contribution < -0.4 is 0 Å². The molecule has 0 spiro atoms. The van der Waals surface area contributed by atoms with Crippen molar-refractivity contribution < 1.29 is 19.1 Å². The Kier molecular flexibility index (Phi) is 7.20. The molecular weight excluding hydrogens is 208 g/mol. The Bertz CT molecular complexity index is 193. The number of ether oxygens (including phenoxy) is 2.